The van der Waals surface area contributed by atoms with Crippen LogP contribution in [0, 0.1) is 10.1 Å². The first-order valence-corrected chi connectivity index (χ1v) is 7.70. The number of nitrogens with two attached hydrogens (primary N) is 1. The molecule has 0 aliphatic heterocycles. The molecule has 138 valence electrons. The molecule has 0 atom stereocenters. The van der Waals surface area contributed by atoms with Crippen LogP contribution in [-0.4, -0.2) is 26.6 Å². The minimum Gasteiger partial charge on any atom is -0.383 e. The van der Waals surface area contributed by atoms with Crippen LogP contribution in [0.4, 0.5) is 30.4 Å². The van der Waals surface area contributed by atoms with Crippen molar-refractivity contribution in [2.45, 2.75) is 11.3 Å². The molecule has 1 amide bonds. The lowest BCUT2D eigenvalue weighted by Gasteiger charge is -2.09. The number of carbonyl (C=O) groups excluding carboxylic acids is 1. The predicted octanol–water partition coefficient (Wildman–Crippen LogP) is 2.01. The van der Waals surface area contributed by atoms with Crippen LogP contribution in [0.1, 0.15) is 5.56 Å². The van der Waals surface area contributed by atoms with E-state index >= 15 is 0 Å². The van der Waals surface area contributed by atoms with E-state index < -0.39 is 33.8 Å². The molecule has 9 nitrogen and oxygen atoms in total. The molecular weight excluding hydrogens is 379 g/mol. The Morgan fingerprint density at radius 1 is 1.38 bits per heavy atom. The molecule has 0 unspecified atom stereocenters. The molecule has 0 bridgehead atoms. The number of aromatic nitrogens is 2. The van der Waals surface area contributed by atoms with Gasteiger partial charge < -0.3 is 16.0 Å². The Morgan fingerprint density at radius 3 is 2.65 bits per heavy atom. The first-order chi connectivity index (χ1) is 12.1. The highest BCUT2D eigenvalue weighted by atomic mass is 32.2. The maximum absolute atomic E-state index is 12.6. The SMILES string of the molecule is Nc1cc(=O)[nH]c(SCC(=O)Nc2ccc(C(F)(F)F)cc2[N+](=O)[O-])n1. The molecule has 1 heterocycles. The van der Waals surface area contributed by atoms with Crippen molar-refractivity contribution in [3.05, 3.63) is 50.3 Å². The summed E-state index contributed by atoms with van der Waals surface area (Å²) in [5, 5.41) is 13.2. The number of nitrogens with zero attached hydrogens (tertiary/aromatic N) is 2. The molecule has 13 heteroatoms. The second-order valence-electron chi connectivity index (χ2n) is 4.80. The van der Waals surface area contributed by atoms with Crippen molar-refractivity contribution in [1.29, 1.82) is 0 Å². The van der Waals surface area contributed by atoms with Crippen molar-refractivity contribution < 1.29 is 22.9 Å². The highest BCUT2D eigenvalue weighted by Gasteiger charge is 2.33. The van der Waals surface area contributed by atoms with E-state index in [9.17, 15) is 32.9 Å². The number of halogens is 3. The summed E-state index contributed by atoms with van der Waals surface area (Å²) >= 11 is 0.789. The van der Waals surface area contributed by atoms with Gasteiger partial charge >= 0.3 is 6.18 Å². The summed E-state index contributed by atoms with van der Waals surface area (Å²) < 4.78 is 37.9. The molecular formula is C13H10F3N5O4S. The molecule has 1 aromatic heterocycles. The van der Waals surface area contributed by atoms with Crippen LogP contribution in [0.5, 0.6) is 0 Å². The van der Waals surface area contributed by atoms with Crippen LogP contribution in [0.3, 0.4) is 0 Å². The van der Waals surface area contributed by atoms with E-state index in [4.69, 9.17) is 5.73 Å². The van der Waals surface area contributed by atoms with Gasteiger partial charge in [0.25, 0.3) is 11.2 Å². The number of hydrogen-bond donors (Lipinski definition) is 3. The fourth-order valence-corrected chi connectivity index (χ4v) is 2.49. The number of nitrogens with one attached hydrogen (secondary N) is 2. The third kappa shape index (κ3) is 4.95. The molecule has 2 aromatic rings. The van der Waals surface area contributed by atoms with Crippen LogP contribution in [-0.2, 0) is 11.0 Å². The normalized spacial score (nSPS) is 11.2. The Kier molecular flexibility index (Phi) is 5.50. The maximum Gasteiger partial charge on any atom is 0.416 e. The first kappa shape index (κ1) is 19.2. The van der Waals surface area contributed by atoms with E-state index in [1.807, 2.05) is 0 Å². The number of nitro groups is 1. The molecule has 0 aliphatic rings. The van der Waals surface area contributed by atoms with E-state index in [1.165, 1.54) is 0 Å². The summed E-state index contributed by atoms with van der Waals surface area (Å²) in [4.78, 5) is 39.1. The smallest absolute Gasteiger partial charge is 0.383 e. The number of benzene rings is 1. The van der Waals surface area contributed by atoms with Crippen molar-refractivity contribution in [3.8, 4) is 0 Å². The Morgan fingerprint density at radius 2 is 2.08 bits per heavy atom. The molecule has 0 fully saturated rings. The Balaban J connectivity index is 2.13. The number of carbonyl (C=O) groups is 1. The van der Waals surface area contributed by atoms with Crippen molar-refractivity contribution in [1.82, 2.24) is 9.97 Å². The molecule has 0 spiro atoms. The standard InChI is InChI=1S/C13H10F3N5O4S/c14-13(15,16)6-1-2-7(8(3-6)21(24)25)18-11(23)5-26-12-19-9(17)4-10(22)20-12/h1-4H,5H2,(H,18,23)(H3,17,19,20,22). The zero-order valence-corrected chi connectivity index (χ0v) is 13.5. The minimum atomic E-state index is -4.76. The molecule has 1 aromatic carbocycles. The van der Waals surface area contributed by atoms with Crippen molar-refractivity contribution >= 4 is 34.9 Å². The molecule has 2 rings (SSSR count). The lowest BCUT2D eigenvalue weighted by Crippen LogP contribution is -2.17. The Hall–Kier alpha value is -3.09. The Labute approximate surface area is 147 Å². The third-order valence-corrected chi connectivity index (χ3v) is 3.75. The number of amides is 1. The number of nitrogen functional groups attached to an aromatic ring is 1. The average Bonchev–Trinajstić information content (AvgIpc) is 2.51. The second kappa shape index (κ2) is 7.43. The van der Waals surface area contributed by atoms with E-state index in [2.05, 4.69) is 15.3 Å². The molecule has 0 aliphatic carbocycles. The number of rotatable bonds is 5. The molecule has 0 saturated carbocycles. The van der Waals surface area contributed by atoms with Crippen molar-refractivity contribution in [3.63, 3.8) is 0 Å². The van der Waals surface area contributed by atoms with Gasteiger partial charge in [0, 0.05) is 12.1 Å². The van der Waals surface area contributed by atoms with E-state index in [-0.39, 0.29) is 22.4 Å². The summed E-state index contributed by atoms with van der Waals surface area (Å²) in [6.45, 7) is 0. The Bertz CT molecular complexity index is 915. The van der Waals surface area contributed by atoms with Crippen molar-refractivity contribution in [2.24, 2.45) is 0 Å². The second-order valence-corrected chi connectivity index (χ2v) is 5.76. The maximum atomic E-state index is 12.6. The van der Waals surface area contributed by atoms with Gasteiger partial charge in [-0.3, -0.25) is 19.7 Å². The van der Waals surface area contributed by atoms with Gasteiger partial charge in [-0.2, -0.15) is 13.2 Å². The van der Waals surface area contributed by atoms with Crippen LogP contribution in [0.15, 0.2) is 34.2 Å². The molecule has 4 N–H and O–H groups in total. The molecule has 26 heavy (non-hydrogen) atoms. The number of nitro benzene ring substituents is 1. The summed E-state index contributed by atoms with van der Waals surface area (Å²) in [5.41, 5.74) is 2.36. The largest absolute Gasteiger partial charge is 0.416 e. The monoisotopic (exact) mass is 389 g/mol. The highest BCUT2D eigenvalue weighted by molar-refractivity contribution is 7.99. The van der Waals surface area contributed by atoms with E-state index in [0.29, 0.717) is 12.1 Å². The van der Waals surface area contributed by atoms with Crippen LogP contribution < -0.4 is 16.6 Å². The van der Waals surface area contributed by atoms with Gasteiger partial charge in [0.2, 0.25) is 5.91 Å². The predicted molar refractivity (Wildman–Crippen MR) is 86.7 cm³/mol. The highest BCUT2D eigenvalue weighted by Crippen LogP contribution is 2.35. The zero-order valence-electron chi connectivity index (χ0n) is 12.7. The van der Waals surface area contributed by atoms with Crippen LogP contribution >= 0.6 is 11.8 Å². The van der Waals surface area contributed by atoms with Gasteiger partial charge in [-0.15, -0.1) is 0 Å². The van der Waals surface area contributed by atoms with Gasteiger partial charge in [-0.1, -0.05) is 11.8 Å². The van der Waals surface area contributed by atoms with E-state index in [1.54, 1.807) is 0 Å². The first-order valence-electron chi connectivity index (χ1n) is 6.71. The third-order valence-electron chi connectivity index (χ3n) is 2.88. The zero-order chi connectivity index (χ0) is 19.5. The minimum absolute atomic E-state index is 0.0482. The average molecular weight is 389 g/mol. The molecule has 0 saturated heterocycles. The fourth-order valence-electron chi connectivity index (χ4n) is 1.81. The lowest BCUT2D eigenvalue weighted by molar-refractivity contribution is -0.384. The van der Waals surface area contributed by atoms with Gasteiger partial charge in [-0.05, 0) is 12.1 Å². The van der Waals surface area contributed by atoms with E-state index in [0.717, 1.165) is 23.9 Å². The van der Waals surface area contributed by atoms with Crippen molar-refractivity contribution in [2.75, 3.05) is 16.8 Å². The fraction of sp³-hybridized carbons (Fsp3) is 0.154. The van der Waals surface area contributed by atoms with Gasteiger partial charge in [0.05, 0.1) is 16.2 Å². The molecule has 0 radical (unpaired) electrons. The number of H-pyrrole nitrogens is 1. The summed E-state index contributed by atoms with van der Waals surface area (Å²) in [5.74, 6) is -1.12. The van der Waals surface area contributed by atoms with Gasteiger partial charge in [-0.25, -0.2) is 4.98 Å². The summed E-state index contributed by atoms with van der Waals surface area (Å²) in [6, 6.07) is 2.78. The number of alkyl halides is 3. The van der Waals surface area contributed by atoms with Gasteiger partial charge in [0.15, 0.2) is 5.16 Å². The lowest BCUT2D eigenvalue weighted by atomic mass is 10.1. The number of anilines is 2. The number of aromatic amines is 1. The summed E-state index contributed by atoms with van der Waals surface area (Å²) in [6.07, 6.45) is -4.76. The van der Waals surface area contributed by atoms with Gasteiger partial charge in [0.1, 0.15) is 11.5 Å². The number of thioether (sulfide) groups is 1. The quantitative estimate of drug-likeness (QED) is 0.307. The number of hydrogen-bond acceptors (Lipinski definition) is 7. The topological polar surface area (TPSA) is 144 Å². The van der Waals surface area contributed by atoms with Crippen LogP contribution in [0.2, 0.25) is 0 Å². The summed E-state index contributed by atoms with van der Waals surface area (Å²) in [7, 11) is 0. The van der Waals surface area contributed by atoms with Crippen LogP contribution in [0.25, 0.3) is 0 Å².